The lowest BCUT2D eigenvalue weighted by Crippen LogP contribution is -2.52. The average Bonchev–Trinajstić information content (AvgIpc) is 3.30. The predicted octanol–water partition coefficient (Wildman–Crippen LogP) is 1.22. The Morgan fingerprint density at radius 1 is 1.15 bits per heavy atom. The number of phenols is 1. The topological polar surface area (TPSA) is 81.8 Å². The molecule has 1 saturated heterocycles. The first-order chi connectivity index (χ1) is 13.3. The van der Waals surface area contributed by atoms with E-state index >= 15 is 0 Å². The Bertz CT molecular complexity index is 808. The van der Waals surface area contributed by atoms with Crippen LogP contribution in [0, 0.1) is 0 Å². The van der Waals surface area contributed by atoms with Crippen LogP contribution in [-0.4, -0.2) is 63.5 Å². The van der Waals surface area contributed by atoms with Gasteiger partial charge in [0.15, 0.2) is 11.8 Å². The van der Waals surface area contributed by atoms with E-state index in [0.717, 1.165) is 75.4 Å². The Kier molecular flexibility index (Phi) is 5.13. The van der Waals surface area contributed by atoms with Crippen molar-refractivity contribution < 1.29 is 5.11 Å². The molecule has 1 aromatic carbocycles. The molecule has 0 spiro atoms. The number of hydrogen-bond acceptors (Lipinski definition) is 5. The second kappa shape index (κ2) is 7.85. The summed E-state index contributed by atoms with van der Waals surface area (Å²) in [6.45, 7) is 7.89. The highest BCUT2D eigenvalue weighted by Gasteiger charge is 2.22. The molecule has 0 bridgehead atoms. The fourth-order valence-corrected chi connectivity index (χ4v) is 3.79. The van der Waals surface area contributed by atoms with Gasteiger partial charge in [0.2, 0.25) is 0 Å². The van der Waals surface area contributed by atoms with Gasteiger partial charge in [-0.2, -0.15) is 0 Å². The normalized spacial score (nSPS) is 17.3. The molecule has 8 heteroatoms. The molecule has 144 valence electrons. The largest absolute Gasteiger partial charge is 0.506 e. The number of aromatic nitrogens is 3. The lowest BCUT2D eigenvalue weighted by Gasteiger charge is -2.37. The van der Waals surface area contributed by atoms with Crippen molar-refractivity contribution in [1.82, 2.24) is 25.0 Å². The number of nitrogens with one attached hydrogen (secondary N) is 1. The summed E-state index contributed by atoms with van der Waals surface area (Å²) in [5, 5.41) is 22.0. The third kappa shape index (κ3) is 3.70. The van der Waals surface area contributed by atoms with Crippen molar-refractivity contribution in [3.63, 3.8) is 0 Å². The minimum Gasteiger partial charge on any atom is -0.506 e. The molecule has 2 aliphatic heterocycles. The molecule has 2 aromatic rings. The minimum atomic E-state index is 0.340. The molecule has 8 nitrogen and oxygen atoms in total. The van der Waals surface area contributed by atoms with E-state index in [2.05, 4.69) is 36.8 Å². The summed E-state index contributed by atoms with van der Waals surface area (Å²) >= 11 is 0. The van der Waals surface area contributed by atoms with Gasteiger partial charge in [-0.3, -0.25) is 0 Å². The summed E-state index contributed by atoms with van der Waals surface area (Å²) in [5.41, 5.74) is 0.901. The number of aryl methyl sites for hydroxylation is 1. The standard InChI is InChI=1S/C19H27N7O/c1-2-20-19(21-14-18-23-22-17-8-5-9-26(17)18)25-12-10-24(11-13-25)15-6-3-4-7-16(15)27/h3-4,6-7,27H,2,5,8-14H2,1H3,(H,20,21). The van der Waals surface area contributed by atoms with Crippen LogP contribution in [-0.2, 0) is 19.5 Å². The molecule has 0 aliphatic carbocycles. The Morgan fingerprint density at radius 2 is 1.96 bits per heavy atom. The fourth-order valence-electron chi connectivity index (χ4n) is 3.79. The van der Waals surface area contributed by atoms with Crippen LogP contribution in [0.25, 0.3) is 0 Å². The van der Waals surface area contributed by atoms with Crippen LogP contribution in [0.3, 0.4) is 0 Å². The van der Waals surface area contributed by atoms with Gasteiger partial charge in [0, 0.05) is 45.7 Å². The van der Waals surface area contributed by atoms with Crippen molar-refractivity contribution in [2.75, 3.05) is 37.6 Å². The maximum Gasteiger partial charge on any atom is 0.194 e. The molecular weight excluding hydrogens is 342 g/mol. The van der Waals surface area contributed by atoms with Crippen molar-refractivity contribution in [2.45, 2.75) is 32.9 Å². The Balaban J connectivity index is 1.41. The molecule has 0 saturated carbocycles. The zero-order valence-corrected chi connectivity index (χ0v) is 15.8. The lowest BCUT2D eigenvalue weighted by molar-refractivity contribution is 0.369. The number of benzene rings is 1. The lowest BCUT2D eigenvalue weighted by atomic mass is 10.2. The second-order valence-corrected chi connectivity index (χ2v) is 6.92. The maximum atomic E-state index is 10.1. The van der Waals surface area contributed by atoms with Crippen molar-refractivity contribution in [1.29, 1.82) is 0 Å². The molecule has 1 aromatic heterocycles. The maximum absolute atomic E-state index is 10.1. The summed E-state index contributed by atoms with van der Waals surface area (Å²) in [4.78, 5) is 9.31. The van der Waals surface area contributed by atoms with Gasteiger partial charge in [0.1, 0.15) is 18.1 Å². The first-order valence-corrected chi connectivity index (χ1v) is 9.73. The summed E-state index contributed by atoms with van der Waals surface area (Å²) in [7, 11) is 0. The van der Waals surface area contributed by atoms with Gasteiger partial charge < -0.3 is 24.8 Å². The molecule has 0 atom stereocenters. The molecule has 0 amide bonds. The highest BCUT2D eigenvalue weighted by Crippen LogP contribution is 2.27. The molecule has 0 unspecified atom stereocenters. The number of piperazine rings is 1. The van der Waals surface area contributed by atoms with E-state index in [9.17, 15) is 5.11 Å². The van der Waals surface area contributed by atoms with Gasteiger partial charge >= 0.3 is 0 Å². The number of hydrogen-bond donors (Lipinski definition) is 2. The van der Waals surface area contributed by atoms with Gasteiger partial charge in [-0.1, -0.05) is 12.1 Å². The smallest absolute Gasteiger partial charge is 0.194 e. The molecule has 4 rings (SSSR count). The summed E-state index contributed by atoms with van der Waals surface area (Å²) in [6, 6.07) is 7.52. The summed E-state index contributed by atoms with van der Waals surface area (Å²) in [6.07, 6.45) is 2.17. The summed E-state index contributed by atoms with van der Waals surface area (Å²) < 4.78 is 2.20. The van der Waals surface area contributed by atoms with Crippen molar-refractivity contribution >= 4 is 11.6 Å². The van der Waals surface area contributed by atoms with Gasteiger partial charge in [0.25, 0.3) is 0 Å². The third-order valence-electron chi connectivity index (χ3n) is 5.19. The predicted molar refractivity (Wildman–Crippen MR) is 105 cm³/mol. The highest BCUT2D eigenvalue weighted by atomic mass is 16.3. The van der Waals surface area contributed by atoms with Gasteiger partial charge in [-0.15, -0.1) is 10.2 Å². The highest BCUT2D eigenvalue weighted by molar-refractivity contribution is 5.80. The van der Waals surface area contributed by atoms with Crippen LogP contribution < -0.4 is 10.2 Å². The zero-order chi connectivity index (χ0) is 18.6. The van der Waals surface area contributed by atoms with E-state index in [1.807, 2.05) is 18.2 Å². The van der Waals surface area contributed by atoms with E-state index in [1.165, 1.54) is 0 Å². The molecule has 1 fully saturated rings. The second-order valence-electron chi connectivity index (χ2n) is 6.92. The molecule has 3 heterocycles. The van der Waals surface area contributed by atoms with E-state index in [0.29, 0.717) is 12.3 Å². The van der Waals surface area contributed by atoms with E-state index < -0.39 is 0 Å². The third-order valence-corrected chi connectivity index (χ3v) is 5.19. The van der Waals surface area contributed by atoms with E-state index in [-0.39, 0.29) is 0 Å². The molecular formula is C19H27N7O. The van der Waals surface area contributed by atoms with Gasteiger partial charge in [-0.05, 0) is 25.5 Å². The monoisotopic (exact) mass is 369 g/mol. The number of para-hydroxylation sites is 2. The number of rotatable bonds is 4. The van der Waals surface area contributed by atoms with Crippen LogP contribution in [0.15, 0.2) is 29.3 Å². The first kappa shape index (κ1) is 17.6. The number of aromatic hydroxyl groups is 1. The van der Waals surface area contributed by atoms with Gasteiger partial charge in [-0.25, -0.2) is 4.99 Å². The number of anilines is 1. The number of guanidine groups is 1. The van der Waals surface area contributed by atoms with Crippen molar-refractivity contribution in [2.24, 2.45) is 4.99 Å². The molecule has 0 radical (unpaired) electrons. The van der Waals surface area contributed by atoms with Crippen LogP contribution in [0.5, 0.6) is 5.75 Å². The Labute approximate surface area is 159 Å². The SMILES string of the molecule is CCNC(=NCc1nnc2n1CCC2)N1CCN(c2ccccc2O)CC1. The van der Waals surface area contributed by atoms with E-state index in [4.69, 9.17) is 4.99 Å². The number of phenolic OH excluding ortho intramolecular Hbond substituents is 1. The minimum absolute atomic E-state index is 0.340. The average molecular weight is 369 g/mol. The van der Waals surface area contributed by atoms with Crippen LogP contribution >= 0.6 is 0 Å². The fraction of sp³-hybridized carbons (Fsp3) is 0.526. The van der Waals surface area contributed by atoms with Crippen molar-refractivity contribution in [3.05, 3.63) is 35.9 Å². The number of aliphatic imine (C=N–C) groups is 1. The first-order valence-electron chi connectivity index (χ1n) is 9.73. The van der Waals surface area contributed by atoms with Crippen LogP contribution in [0.2, 0.25) is 0 Å². The quantitative estimate of drug-likeness (QED) is 0.623. The van der Waals surface area contributed by atoms with E-state index in [1.54, 1.807) is 6.07 Å². The van der Waals surface area contributed by atoms with Crippen molar-refractivity contribution in [3.8, 4) is 5.75 Å². The van der Waals surface area contributed by atoms with Gasteiger partial charge in [0.05, 0.1) is 5.69 Å². The van der Waals surface area contributed by atoms with Crippen LogP contribution in [0.4, 0.5) is 5.69 Å². The summed E-state index contributed by atoms with van der Waals surface area (Å²) in [5.74, 6) is 3.30. The van der Waals surface area contributed by atoms with Crippen LogP contribution in [0.1, 0.15) is 25.0 Å². The Hall–Kier alpha value is -2.77. The molecule has 27 heavy (non-hydrogen) atoms. The Morgan fingerprint density at radius 3 is 2.74 bits per heavy atom. The zero-order valence-electron chi connectivity index (χ0n) is 15.8. The number of nitrogens with zero attached hydrogens (tertiary/aromatic N) is 6. The number of fused-ring (bicyclic) bond motifs is 1. The molecule has 2 N–H and O–H groups in total. The molecule has 2 aliphatic rings.